The fourth-order valence-corrected chi connectivity index (χ4v) is 3.79. The molecule has 2 N–H and O–H groups in total. The molecule has 0 aliphatic rings. The molecule has 0 saturated carbocycles. The molecule has 1 amide bonds. The molecular formula is C21H17IN2O3S. The summed E-state index contributed by atoms with van der Waals surface area (Å²) in [6.07, 6.45) is 3.14. The third-order valence-electron chi connectivity index (χ3n) is 3.76. The van der Waals surface area contributed by atoms with Gasteiger partial charge in [-0.15, -0.1) is 0 Å². The van der Waals surface area contributed by atoms with Crippen LogP contribution >= 0.6 is 22.6 Å². The summed E-state index contributed by atoms with van der Waals surface area (Å²) in [5.41, 5.74) is 1.92. The summed E-state index contributed by atoms with van der Waals surface area (Å²) in [6, 6.07) is 22.5. The van der Waals surface area contributed by atoms with E-state index in [4.69, 9.17) is 0 Å². The summed E-state index contributed by atoms with van der Waals surface area (Å²) >= 11 is 2.15. The van der Waals surface area contributed by atoms with E-state index in [2.05, 4.69) is 32.6 Å². The van der Waals surface area contributed by atoms with Crippen molar-refractivity contribution >= 4 is 56.0 Å². The maximum atomic E-state index is 12.5. The number of benzene rings is 3. The molecule has 0 aliphatic heterocycles. The van der Waals surface area contributed by atoms with Crippen molar-refractivity contribution in [3.8, 4) is 0 Å². The van der Waals surface area contributed by atoms with Crippen molar-refractivity contribution in [2.24, 2.45) is 0 Å². The highest BCUT2D eigenvalue weighted by atomic mass is 127. The van der Waals surface area contributed by atoms with Crippen LogP contribution < -0.4 is 10.0 Å². The average Bonchev–Trinajstić information content (AvgIpc) is 2.69. The number of amides is 1. The molecule has 142 valence electrons. The summed E-state index contributed by atoms with van der Waals surface area (Å²) < 4.78 is 28.5. The minimum Gasteiger partial charge on any atom is -0.323 e. The molecule has 0 aromatic heterocycles. The Hall–Kier alpha value is -2.65. The zero-order chi connectivity index (χ0) is 20.0. The van der Waals surface area contributed by atoms with E-state index in [1.54, 1.807) is 30.3 Å². The van der Waals surface area contributed by atoms with Gasteiger partial charge in [0, 0.05) is 21.0 Å². The normalized spacial score (nSPS) is 11.3. The number of nitrogens with one attached hydrogen (secondary N) is 2. The lowest BCUT2D eigenvalue weighted by atomic mass is 10.2. The quantitative estimate of drug-likeness (QED) is 0.376. The number of hydrogen-bond acceptors (Lipinski definition) is 3. The van der Waals surface area contributed by atoms with Crippen molar-refractivity contribution < 1.29 is 13.2 Å². The molecule has 0 heterocycles. The number of halogens is 1. The standard InChI is InChI=1S/C21H17IN2O3S/c22-17-7-9-19(10-8-17)24-28(26,27)20-13-11-18(12-14-20)23-21(25)15-6-16-4-2-1-3-5-16/h1-15,24H,(H,23,25)/b15-6+. The Morgan fingerprint density at radius 1 is 0.821 bits per heavy atom. The zero-order valence-electron chi connectivity index (χ0n) is 14.7. The monoisotopic (exact) mass is 504 g/mol. The molecule has 28 heavy (non-hydrogen) atoms. The van der Waals surface area contributed by atoms with Gasteiger partial charge in [0.15, 0.2) is 0 Å². The van der Waals surface area contributed by atoms with E-state index in [0.29, 0.717) is 11.4 Å². The second kappa shape index (κ2) is 9.03. The van der Waals surface area contributed by atoms with Gasteiger partial charge in [-0.05, 0) is 82.8 Å². The van der Waals surface area contributed by atoms with Crippen LogP contribution in [0.15, 0.2) is 89.8 Å². The molecule has 0 aliphatic carbocycles. The third kappa shape index (κ3) is 5.67. The summed E-state index contributed by atoms with van der Waals surface area (Å²) in [5, 5.41) is 2.70. The summed E-state index contributed by atoms with van der Waals surface area (Å²) in [4.78, 5) is 12.1. The van der Waals surface area contributed by atoms with Gasteiger partial charge in [0.05, 0.1) is 4.90 Å². The second-order valence-corrected chi connectivity index (χ2v) is 8.80. The number of hydrogen-bond donors (Lipinski definition) is 2. The lowest BCUT2D eigenvalue weighted by molar-refractivity contribution is -0.111. The van der Waals surface area contributed by atoms with Crippen molar-refractivity contribution in [2.75, 3.05) is 10.0 Å². The predicted octanol–water partition coefficient (Wildman–Crippen LogP) is 4.74. The second-order valence-electron chi connectivity index (χ2n) is 5.87. The largest absolute Gasteiger partial charge is 0.323 e. The van der Waals surface area contributed by atoms with E-state index in [-0.39, 0.29) is 10.8 Å². The first-order chi connectivity index (χ1) is 13.4. The van der Waals surface area contributed by atoms with Crippen LogP contribution in [0.1, 0.15) is 5.56 Å². The Labute approximate surface area is 177 Å². The van der Waals surface area contributed by atoms with E-state index >= 15 is 0 Å². The Balaban J connectivity index is 1.64. The van der Waals surface area contributed by atoms with E-state index < -0.39 is 10.0 Å². The van der Waals surface area contributed by atoms with E-state index in [1.807, 2.05) is 42.5 Å². The molecule has 0 spiro atoms. The van der Waals surface area contributed by atoms with E-state index in [0.717, 1.165) is 9.13 Å². The topological polar surface area (TPSA) is 75.3 Å². The van der Waals surface area contributed by atoms with Gasteiger partial charge in [-0.3, -0.25) is 9.52 Å². The fourth-order valence-electron chi connectivity index (χ4n) is 2.37. The molecule has 3 aromatic rings. The van der Waals surface area contributed by atoms with Gasteiger partial charge < -0.3 is 5.32 Å². The van der Waals surface area contributed by atoms with Crippen molar-refractivity contribution in [2.45, 2.75) is 4.90 Å². The maximum absolute atomic E-state index is 12.5. The molecule has 0 bridgehead atoms. The number of carbonyl (C=O) groups excluding carboxylic acids is 1. The zero-order valence-corrected chi connectivity index (χ0v) is 17.6. The van der Waals surface area contributed by atoms with Gasteiger partial charge in [0.25, 0.3) is 10.0 Å². The molecular weight excluding hydrogens is 487 g/mol. The van der Waals surface area contributed by atoms with Crippen LogP contribution in [-0.4, -0.2) is 14.3 Å². The first kappa shape index (κ1) is 20.1. The van der Waals surface area contributed by atoms with Crippen molar-refractivity contribution in [3.63, 3.8) is 0 Å². The molecule has 7 heteroatoms. The average molecular weight is 504 g/mol. The van der Waals surface area contributed by atoms with Crippen LogP contribution in [0.2, 0.25) is 0 Å². The fraction of sp³-hybridized carbons (Fsp3) is 0. The van der Waals surface area contributed by atoms with Gasteiger partial charge in [0.2, 0.25) is 5.91 Å². The van der Waals surface area contributed by atoms with Gasteiger partial charge >= 0.3 is 0 Å². The maximum Gasteiger partial charge on any atom is 0.261 e. The molecule has 3 rings (SSSR count). The van der Waals surface area contributed by atoms with Crippen LogP contribution in [0.25, 0.3) is 6.08 Å². The minimum atomic E-state index is -3.70. The van der Waals surface area contributed by atoms with Gasteiger partial charge in [-0.2, -0.15) is 0 Å². The smallest absolute Gasteiger partial charge is 0.261 e. The Morgan fingerprint density at radius 3 is 2.07 bits per heavy atom. The van der Waals surface area contributed by atoms with Crippen molar-refractivity contribution in [3.05, 3.63) is 94.1 Å². The highest BCUT2D eigenvalue weighted by Crippen LogP contribution is 2.19. The van der Waals surface area contributed by atoms with Gasteiger partial charge in [-0.25, -0.2) is 8.42 Å². The Bertz CT molecular complexity index is 1080. The lowest BCUT2D eigenvalue weighted by Gasteiger charge is -2.09. The minimum absolute atomic E-state index is 0.115. The first-order valence-electron chi connectivity index (χ1n) is 8.35. The highest BCUT2D eigenvalue weighted by molar-refractivity contribution is 14.1. The molecule has 0 saturated heterocycles. The van der Waals surface area contributed by atoms with Crippen LogP contribution in [0, 0.1) is 3.57 Å². The Morgan fingerprint density at radius 2 is 1.43 bits per heavy atom. The van der Waals surface area contributed by atoms with E-state index in [9.17, 15) is 13.2 Å². The van der Waals surface area contributed by atoms with E-state index in [1.165, 1.54) is 18.2 Å². The third-order valence-corrected chi connectivity index (χ3v) is 5.87. The van der Waals surface area contributed by atoms with Gasteiger partial charge in [-0.1, -0.05) is 30.3 Å². The lowest BCUT2D eigenvalue weighted by Crippen LogP contribution is -2.13. The number of carbonyl (C=O) groups is 1. The van der Waals surface area contributed by atoms with Crippen molar-refractivity contribution in [1.29, 1.82) is 0 Å². The van der Waals surface area contributed by atoms with Crippen LogP contribution in [0.4, 0.5) is 11.4 Å². The van der Waals surface area contributed by atoms with Gasteiger partial charge in [0.1, 0.15) is 0 Å². The van der Waals surface area contributed by atoms with Crippen LogP contribution in [-0.2, 0) is 14.8 Å². The summed E-state index contributed by atoms with van der Waals surface area (Å²) in [6.45, 7) is 0. The summed E-state index contributed by atoms with van der Waals surface area (Å²) in [7, 11) is -3.70. The SMILES string of the molecule is O=C(/C=C/c1ccccc1)Nc1ccc(S(=O)(=O)Nc2ccc(I)cc2)cc1. The molecule has 0 unspecified atom stereocenters. The summed E-state index contributed by atoms with van der Waals surface area (Å²) in [5.74, 6) is -0.295. The van der Waals surface area contributed by atoms with Crippen LogP contribution in [0.5, 0.6) is 0 Å². The number of anilines is 2. The molecule has 0 atom stereocenters. The number of rotatable bonds is 6. The first-order valence-corrected chi connectivity index (χ1v) is 10.9. The predicted molar refractivity (Wildman–Crippen MR) is 121 cm³/mol. The molecule has 5 nitrogen and oxygen atoms in total. The van der Waals surface area contributed by atoms with Crippen molar-refractivity contribution in [1.82, 2.24) is 0 Å². The highest BCUT2D eigenvalue weighted by Gasteiger charge is 2.14. The molecule has 0 radical (unpaired) electrons. The molecule has 3 aromatic carbocycles. The number of sulfonamides is 1. The molecule has 0 fully saturated rings. The van der Waals surface area contributed by atoms with Crippen LogP contribution in [0.3, 0.4) is 0 Å². The Kier molecular flexibility index (Phi) is 6.48.